The van der Waals surface area contributed by atoms with Gasteiger partial charge in [-0.15, -0.1) is 0 Å². The lowest BCUT2D eigenvalue weighted by Gasteiger charge is -2.09. The third kappa shape index (κ3) is 5.76. The van der Waals surface area contributed by atoms with Crippen LogP contribution in [0.25, 0.3) is 0 Å². The van der Waals surface area contributed by atoms with E-state index in [-0.39, 0.29) is 24.8 Å². The smallest absolute Gasteiger partial charge is 0.308 e. The molecule has 0 aliphatic heterocycles. The monoisotopic (exact) mass is 351 g/mol. The lowest BCUT2D eigenvalue weighted by molar-refractivity contribution is -0.131. The van der Waals surface area contributed by atoms with Gasteiger partial charge in [0.2, 0.25) is 5.91 Å². The summed E-state index contributed by atoms with van der Waals surface area (Å²) in [6, 6.07) is 15.0. The molecule has 0 fully saturated rings. The van der Waals surface area contributed by atoms with Gasteiger partial charge in [0.15, 0.2) is 0 Å². The molecule has 0 aliphatic carbocycles. The first kappa shape index (κ1) is 18.7. The number of carbonyl (C=O) groups excluding carboxylic acids is 3. The van der Waals surface area contributed by atoms with Crippen LogP contribution in [0.5, 0.6) is 5.75 Å². The molecule has 0 saturated heterocycles. The molecule has 132 valence electrons. The Morgan fingerprint density at radius 2 is 1.88 bits per heavy atom. The Hall–Kier alpha value is -3.66. The zero-order chi connectivity index (χ0) is 18.9. The summed E-state index contributed by atoms with van der Waals surface area (Å²) >= 11 is 0. The Balaban J connectivity index is 2.03. The van der Waals surface area contributed by atoms with E-state index >= 15 is 0 Å². The Bertz CT molecular complexity index is 871. The normalized spacial score (nSPS) is 9.69. The molecule has 2 rings (SSSR count). The van der Waals surface area contributed by atoms with Crippen LogP contribution in [-0.2, 0) is 16.1 Å². The fourth-order valence-corrected chi connectivity index (χ4v) is 2.16. The van der Waals surface area contributed by atoms with Crippen molar-refractivity contribution in [2.75, 3.05) is 5.32 Å². The zero-order valence-corrected chi connectivity index (χ0v) is 14.1. The van der Waals surface area contributed by atoms with E-state index in [0.717, 1.165) is 5.56 Å². The standard InChI is InChI=1S/C19H17N3O4/c1-13(23)26-17-7-3-5-15(11-17)19(25)22-16-6-2-4-14(10-16)12-21-18(24)8-9-20/h2-7,10-11H,8,12H2,1H3,(H,21,24)(H,22,25). The first-order chi connectivity index (χ1) is 12.5. The van der Waals surface area contributed by atoms with Crippen molar-refractivity contribution in [2.24, 2.45) is 0 Å². The van der Waals surface area contributed by atoms with Crippen molar-refractivity contribution in [3.05, 3.63) is 59.7 Å². The molecule has 0 aliphatic rings. The summed E-state index contributed by atoms with van der Waals surface area (Å²) in [5, 5.41) is 13.8. The van der Waals surface area contributed by atoms with Gasteiger partial charge in [0.05, 0.1) is 6.07 Å². The summed E-state index contributed by atoms with van der Waals surface area (Å²) in [4.78, 5) is 34.7. The maximum absolute atomic E-state index is 12.4. The number of ether oxygens (including phenoxy) is 1. The van der Waals surface area contributed by atoms with Crippen LogP contribution in [0.4, 0.5) is 5.69 Å². The Morgan fingerprint density at radius 1 is 1.12 bits per heavy atom. The fourth-order valence-electron chi connectivity index (χ4n) is 2.16. The number of amides is 2. The molecule has 7 nitrogen and oxygen atoms in total. The molecule has 0 aromatic heterocycles. The highest BCUT2D eigenvalue weighted by molar-refractivity contribution is 6.04. The molecule has 0 radical (unpaired) electrons. The Kier molecular flexibility index (Phi) is 6.46. The molecule has 0 atom stereocenters. The molecule has 26 heavy (non-hydrogen) atoms. The number of hydrogen-bond donors (Lipinski definition) is 2. The Labute approximate surface area is 150 Å². The summed E-state index contributed by atoms with van der Waals surface area (Å²) in [6.07, 6.45) is -0.199. The molecule has 2 N–H and O–H groups in total. The highest BCUT2D eigenvalue weighted by atomic mass is 16.5. The van der Waals surface area contributed by atoms with Gasteiger partial charge in [0.25, 0.3) is 5.91 Å². The zero-order valence-electron chi connectivity index (χ0n) is 14.1. The van der Waals surface area contributed by atoms with E-state index in [0.29, 0.717) is 17.0 Å². The van der Waals surface area contributed by atoms with Crippen molar-refractivity contribution < 1.29 is 19.1 Å². The van der Waals surface area contributed by atoms with Crippen molar-refractivity contribution in [3.8, 4) is 11.8 Å². The van der Waals surface area contributed by atoms with Gasteiger partial charge in [-0.25, -0.2) is 0 Å². The summed E-state index contributed by atoms with van der Waals surface area (Å²) in [5.74, 6) is -0.887. The van der Waals surface area contributed by atoms with Gasteiger partial charge in [-0.3, -0.25) is 14.4 Å². The summed E-state index contributed by atoms with van der Waals surface area (Å²) in [7, 11) is 0. The van der Waals surface area contributed by atoms with Crippen LogP contribution in [0.15, 0.2) is 48.5 Å². The van der Waals surface area contributed by atoms with E-state index in [2.05, 4.69) is 10.6 Å². The van der Waals surface area contributed by atoms with E-state index in [9.17, 15) is 14.4 Å². The van der Waals surface area contributed by atoms with Crippen LogP contribution < -0.4 is 15.4 Å². The minimum atomic E-state index is -0.464. The summed E-state index contributed by atoms with van der Waals surface area (Å²) in [6.45, 7) is 1.54. The number of anilines is 1. The average molecular weight is 351 g/mol. The van der Waals surface area contributed by atoms with Gasteiger partial charge >= 0.3 is 5.97 Å². The number of nitrogens with zero attached hydrogens (tertiary/aromatic N) is 1. The first-order valence-corrected chi connectivity index (χ1v) is 7.80. The molecule has 2 aromatic rings. The summed E-state index contributed by atoms with van der Waals surface area (Å²) in [5.41, 5.74) is 1.68. The number of rotatable bonds is 6. The van der Waals surface area contributed by atoms with Crippen molar-refractivity contribution >= 4 is 23.5 Å². The molecular formula is C19H17N3O4. The van der Waals surface area contributed by atoms with Crippen LogP contribution >= 0.6 is 0 Å². The SMILES string of the molecule is CC(=O)Oc1cccc(C(=O)Nc2cccc(CNC(=O)CC#N)c2)c1. The molecule has 7 heteroatoms. The van der Waals surface area contributed by atoms with Crippen LogP contribution in [0.3, 0.4) is 0 Å². The third-order valence-electron chi connectivity index (χ3n) is 3.27. The van der Waals surface area contributed by atoms with Gasteiger partial charge in [-0.05, 0) is 35.9 Å². The lowest BCUT2D eigenvalue weighted by Crippen LogP contribution is -2.22. The van der Waals surface area contributed by atoms with Crippen LogP contribution in [0.1, 0.15) is 29.3 Å². The second-order valence-electron chi connectivity index (χ2n) is 5.39. The quantitative estimate of drug-likeness (QED) is 0.614. The van der Waals surface area contributed by atoms with E-state index in [4.69, 9.17) is 10.00 Å². The number of nitrogens with one attached hydrogen (secondary N) is 2. The molecule has 0 heterocycles. The van der Waals surface area contributed by atoms with Crippen molar-refractivity contribution in [1.29, 1.82) is 5.26 Å². The highest BCUT2D eigenvalue weighted by Gasteiger charge is 2.09. The van der Waals surface area contributed by atoms with E-state index in [1.54, 1.807) is 48.5 Å². The van der Waals surface area contributed by atoms with E-state index in [1.807, 2.05) is 0 Å². The third-order valence-corrected chi connectivity index (χ3v) is 3.27. The predicted octanol–water partition coefficient (Wildman–Crippen LogP) is 2.39. The van der Waals surface area contributed by atoms with Gasteiger partial charge in [-0.2, -0.15) is 5.26 Å². The first-order valence-electron chi connectivity index (χ1n) is 7.80. The maximum atomic E-state index is 12.4. The molecule has 2 amide bonds. The molecule has 0 spiro atoms. The van der Waals surface area contributed by atoms with Crippen molar-refractivity contribution in [3.63, 3.8) is 0 Å². The van der Waals surface area contributed by atoms with Crippen molar-refractivity contribution in [1.82, 2.24) is 5.32 Å². The molecule has 0 saturated carbocycles. The second-order valence-corrected chi connectivity index (χ2v) is 5.39. The second kappa shape index (κ2) is 8.99. The van der Waals surface area contributed by atoms with Gasteiger partial charge in [0.1, 0.15) is 12.2 Å². The number of benzene rings is 2. The molecule has 0 bridgehead atoms. The topological polar surface area (TPSA) is 108 Å². The molecule has 0 unspecified atom stereocenters. The Morgan fingerprint density at radius 3 is 2.62 bits per heavy atom. The number of esters is 1. The van der Waals surface area contributed by atoms with Crippen molar-refractivity contribution in [2.45, 2.75) is 19.9 Å². The minimum absolute atomic E-state index is 0.199. The van der Waals surface area contributed by atoms with E-state index < -0.39 is 5.97 Å². The average Bonchev–Trinajstić information content (AvgIpc) is 2.60. The highest BCUT2D eigenvalue weighted by Crippen LogP contribution is 2.16. The van der Waals surface area contributed by atoms with Gasteiger partial charge < -0.3 is 15.4 Å². The molecular weight excluding hydrogens is 334 g/mol. The fraction of sp³-hybridized carbons (Fsp3) is 0.158. The number of hydrogen-bond acceptors (Lipinski definition) is 5. The van der Waals surface area contributed by atoms with Crippen LogP contribution in [-0.4, -0.2) is 17.8 Å². The lowest BCUT2D eigenvalue weighted by atomic mass is 10.1. The largest absolute Gasteiger partial charge is 0.427 e. The maximum Gasteiger partial charge on any atom is 0.308 e. The minimum Gasteiger partial charge on any atom is -0.427 e. The van der Waals surface area contributed by atoms with E-state index in [1.165, 1.54) is 13.0 Å². The van der Waals surface area contributed by atoms with Gasteiger partial charge in [-0.1, -0.05) is 18.2 Å². The van der Waals surface area contributed by atoms with Gasteiger partial charge in [0, 0.05) is 24.7 Å². The number of carbonyl (C=O) groups is 3. The molecule has 2 aromatic carbocycles. The number of nitriles is 1. The summed E-state index contributed by atoms with van der Waals surface area (Å²) < 4.78 is 4.97. The van der Waals surface area contributed by atoms with Crippen LogP contribution in [0, 0.1) is 11.3 Å². The predicted molar refractivity (Wildman–Crippen MR) is 94.2 cm³/mol. The van der Waals surface area contributed by atoms with Crippen LogP contribution in [0.2, 0.25) is 0 Å².